The second-order valence-corrected chi connectivity index (χ2v) is 4.32. The Balaban J connectivity index is 2.07. The average Bonchev–Trinajstić information content (AvgIpc) is 2.68. The lowest BCUT2D eigenvalue weighted by atomic mass is 9.99. The Hall–Kier alpha value is -1.16. The summed E-state index contributed by atoms with van der Waals surface area (Å²) in [5, 5.41) is 8.84. The molecule has 1 N–H and O–H groups in total. The van der Waals surface area contributed by atoms with Gasteiger partial charge in [0.05, 0.1) is 0 Å². The van der Waals surface area contributed by atoms with Gasteiger partial charge in [0, 0.05) is 23.9 Å². The Morgan fingerprint density at radius 3 is 2.60 bits per heavy atom. The fourth-order valence-corrected chi connectivity index (χ4v) is 2.10. The van der Waals surface area contributed by atoms with Gasteiger partial charge in [-0.15, -0.1) is 12.6 Å². The van der Waals surface area contributed by atoms with Crippen molar-refractivity contribution in [1.82, 2.24) is 4.90 Å². The van der Waals surface area contributed by atoms with Gasteiger partial charge in [0.2, 0.25) is 0 Å². The molecule has 2 rings (SSSR count). The number of carbonyl (C=O) groups is 1. The van der Waals surface area contributed by atoms with Crippen LogP contribution in [-0.4, -0.2) is 29.2 Å². The molecule has 1 heterocycles. The molecule has 0 bridgehead atoms. The monoisotopic (exact) mass is 223 g/mol. The Bertz CT molecular complexity index is 363. The first-order valence-corrected chi connectivity index (χ1v) is 5.38. The van der Waals surface area contributed by atoms with E-state index in [1.807, 2.05) is 24.3 Å². The summed E-state index contributed by atoms with van der Waals surface area (Å²) in [6.07, 6.45) is 0.0985. The minimum absolute atomic E-state index is 0.343. The first kappa shape index (κ1) is 10.4. The van der Waals surface area contributed by atoms with Crippen molar-refractivity contribution in [2.45, 2.75) is 17.2 Å². The summed E-state index contributed by atoms with van der Waals surface area (Å²) in [7, 11) is 0. The third-order valence-corrected chi connectivity index (χ3v) is 3.12. The highest BCUT2D eigenvalue weighted by molar-refractivity contribution is 7.80. The topological polar surface area (TPSA) is 40.5 Å². The molecule has 0 spiro atoms. The van der Waals surface area contributed by atoms with Crippen LogP contribution in [0.4, 0.5) is 4.79 Å². The molecular formula is C11H13NO2S. The van der Waals surface area contributed by atoms with Crippen molar-refractivity contribution in [2.75, 3.05) is 13.1 Å². The van der Waals surface area contributed by atoms with Crippen molar-refractivity contribution in [3.8, 4) is 0 Å². The van der Waals surface area contributed by atoms with Gasteiger partial charge in [-0.1, -0.05) is 12.1 Å². The molecule has 4 heteroatoms. The first-order chi connectivity index (χ1) is 7.16. The number of benzene rings is 1. The SMILES string of the molecule is O=C(O)N1CC[C@@H](c2ccc(S)cc2)C1. The highest BCUT2D eigenvalue weighted by Gasteiger charge is 2.26. The van der Waals surface area contributed by atoms with E-state index in [2.05, 4.69) is 12.6 Å². The van der Waals surface area contributed by atoms with Crippen LogP contribution in [0.15, 0.2) is 29.2 Å². The molecule has 1 saturated heterocycles. The Morgan fingerprint density at radius 2 is 2.07 bits per heavy atom. The normalized spacial score (nSPS) is 20.6. The lowest BCUT2D eigenvalue weighted by Crippen LogP contribution is -2.26. The van der Waals surface area contributed by atoms with E-state index >= 15 is 0 Å². The summed E-state index contributed by atoms with van der Waals surface area (Å²) in [5.74, 6) is 0.343. The second-order valence-electron chi connectivity index (χ2n) is 3.81. The zero-order valence-electron chi connectivity index (χ0n) is 8.26. The van der Waals surface area contributed by atoms with Crippen LogP contribution in [-0.2, 0) is 0 Å². The number of amides is 1. The predicted octanol–water partition coefficient (Wildman–Crippen LogP) is 2.44. The van der Waals surface area contributed by atoms with Crippen LogP contribution in [0.3, 0.4) is 0 Å². The molecular weight excluding hydrogens is 210 g/mol. The Morgan fingerprint density at radius 1 is 1.40 bits per heavy atom. The summed E-state index contributed by atoms with van der Waals surface area (Å²) in [6.45, 7) is 1.25. The van der Waals surface area contributed by atoms with Crippen molar-refractivity contribution in [1.29, 1.82) is 0 Å². The predicted molar refractivity (Wildman–Crippen MR) is 60.6 cm³/mol. The van der Waals surface area contributed by atoms with E-state index in [-0.39, 0.29) is 0 Å². The smallest absolute Gasteiger partial charge is 0.407 e. The number of nitrogens with zero attached hydrogens (tertiary/aromatic N) is 1. The fraction of sp³-hybridized carbons (Fsp3) is 0.364. The minimum atomic E-state index is -0.816. The number of rotatable bonds is 1. The molecule has 1 aliphatic rings. The van der Waals surface area contributed by atoms with Gasteiger partial charge in [0.15, 0.2) is 0 Å². The maximum atomic E-state index is 10.7. The zero-order valence-corrected chi connectivity index (χ0v) is 9.15. The van der Waals surface area contributed by atoms with Crippen molar-refractivity contribution < 1.29 is 9.90 Å². The zero-order chi connectivity index (χ0) is 10.8. The van der Waals surface area contributed by atoms with E-state index in [1.54, 1.807) is 0 Å². The number of hydrogen-bond acceptors (Lipinski definition) is 2. The van der Waals surface area contributed by atoms with Crippen molar-refractivity contribution in [2.24, 2.45) is 0 Å². The second kappa shape index (κ2) is 4.14. The van der Waals surface area contributed by atoms with Gasteiger partial charge in [0.1, 0.15) is 0 Å². The molecule has 1 atom stereocenters. The molecule has 3 nitrogen and oxygen atoms in total. The van der Waals surface area contributed by atoms with Gasteiger partial charge < -0.3 is 10.0 Å². The largest absolute Gasteiger partial charge is 0.465 e. The number of carboxylic acid groups (broad SMARTS) is 1. The van der Waals surface area contributed by atoms with Crippen LogP contribution >= 0.6 is 12.6 Å². The Labute approximate surface area is 94.1 Å². The van der Waals surface area contributed by atoms with Crippen LogP contribution in [0, 0.1) is 0 Å². The molecule has 1 aromatic rings. The number of thiol groups is 1. The number of likely N-dealkylation sites (tertiary alicyclic amines) is 1. The van der Waals surface area contributed by atoms with Gasteiger partial charge in [-0.3, -0.25) is 0 Å². The van der Waals surface area contributed by atoms with Gasteiger partial charge in [-0.2, -0.15) is 0 Å². The lowest BCUT2D eigenvalue weighted by Gasteiger charge is -2.12. The minimum Gasteiger partial charge on any atom is -0.465 e. The van der Waals surface area contributed by atoms with Gasteiger partial charge in [-0.25, -0.2) is 4.79 Å². The maximum absolute atomic E-state index is 10.7. The summed E-state index contributed by atoms with van der Waals surface area (Å²) >= 11 is 4.22. The average molecular weight is 223 g/mol. The van der Waals surface area contributed by atoms with E-state index < -0.39 is 6.09 Å². The Kier molecular flexibility index (Phi) is 2.86. The molecule has 15 heavy (non-hydrogen) atoms. The summed E-state index contributed by atoms with van der Waals surface area (Å²) in [6, 6.07) is 7.94. The van der Waals surface area contributed by atoms with Crippen LogP contribution in [0.25, 0.3) is 0 Å². The summed E-state index contributed by atoms with van der Waals surface area (Å²) < 4.78 is 0. The quantitative estimate of drug-likeness (QED) is 0.718. The molecule has 0 radical (unpaired) electrons. The molecule has 0 aromatic heterocycles. The van der Waals surface area contributed by atoms with Crippen molar-refractivity contribution >= 4 is 18.7 Å². The molecule has 80 valence electrons. The van der Waals surface area contributed by atoms with E-state index in [0.29, 0.717) is 19.0 Å². The lowest BCUT2D eigenvalue weighted by molar-refractivity contribution is 0.155. The van der Waals surface area contributed by atoms with Gasteiger partial charge in [0.25, 0.3) is 0 Å². The molecule has 1 aliphatic heterocycles. The van der Waals surface area contributed by atoms with Gasteiger partial charge >= 0.3 is 6.09 Å². The van der Waals surface area contributed by atoms with Crippen LogP contribution in [0.1, 0.15) is 17.9 Å². The molecule has 1 amide bonds. The third kappa shape index (κ3) is 2.26. The molecule has 0 unspecified atom stereocenters. The molecule has 1 aromatic carbocycles. The van der Waals surface area contributed by atoms with Crippen LogP contribution < -0.4 is 0 Å². The molecule has 1 fully saturated rings. The van der Waals surface area contributed by atoms with E-state index in [9.17, 15) is 4.79 Å². The molecule has 0 saturated carbocycles. The van der Waals surface area contributed by atoms with E-state index in [0.717, 1.165) is 11.3 Å². The van der Waals surface area contributed by atoms with Crippen molar-refractivity contribution in [3.05, 3.63) is 29.8 Å². The van der Waals surface area contributed by atoms with Crippen LogP contribution in [0.2, 0.25) is 0 Å². The molecule has 0 aliphatic carbocycles. The third-order valence-electron chi connectivity index (χ3n) is 2.82. The maximum Gasteiger partial charge on any atom is 0.407 e. The van der Waals surface area contributed by atoms with Gasteiger partial charge in [-0.05, 0) is 24.1 Å². The van der Waals surface area contributed by atoms with E-state index in [1.165, 1.54) is 10.5 Å². The summed E-state index contributed by atoms with van der Waals surface area (Å²) in [5.41, 5.74) is 1.21. The van der Waals surface area contributed by atoms with Crippen molar-refractivity contribution in [3.63, 3.8) is 0 Å². The fourth-order valence-electron chi connectivity index (χ4n) is 1.95. The van der Waals surface area contributed by atoms with Crippen LogP contribution in [0.5, 0.6) is 0 Å². The first-order valence-electron chi connectivity index (χ1n) is 4.93. The highest BCUT2D eigenvalue weighted by Crippen LogP contribution is 2.27. The van der Waals surface area contributed by atoms with E-state index in [4.69, 9.17) is 5.11 Å². The summed E-state index contributed by atoms with van der Waals surface area (Å²) in [4.78, 5) is 13.2. The standard InChI is InChI=1S/C11H13NO2S/c13-11(14)12-6-5-9(7-12)8-1-3-10(15)4-2-8/h1-4,9,15H,5-7H2,(H,13,14)/t9-/m1/s1. The highest BCUT2D eigenvalue weighted by atomic mass is 32.1. The number of hydrogen-bond donors (Lipinski definition) is 2.